The predicted molar refractivity (Wildman–Crippen MR) is 102 cm³/mol. The molecule has 2 heterocycles. The van der Waals surface area contributed by atoms with Crippen molar-refractivity contribution in [2.75, 3.05) is 34.3 Å². The summed E-state index contributed by atoms with van der Waals surface area (Å²) >= 11 is 0. The molecular formula is C18H24FN4O5S+. The van der Waals surface area contributed by atoms with Crippen LogP contribution in [0.25, 0.3) is 0 Å². The molecule has 29 heavy (non-hydrogen) atoms. The molecule has 0 saturated carbocycles. The first-order chi connectivity index (χ1) is 13.6. The maximum Gasteiger partial charge on any atom is 0.500 e. The van der Waals surface area contributed by atoms with Gasteiger partial charge >= 0.3 is 11.9 Å². The summed E-state index contributed by atoms with van der Waals surface area (Å²) in [5.74, 6) is -0.916. The number of methoxy groups -OCH3 is 1. The Kier molecular flexibility index (Phi) is 6.01. The van der Waals surface area contributed by atoms with Gasteiger partial charge in [0.2, 0.25) is 10.0 Å². The smallest absolute Gasteiger partial charge is 0.495 e. The number of nitrogens with one attached hydrogen (secondary N) is 1. The number of carbonyl (C=O) groups is 2. The maximum absolute atomic E-state index is 13.6. The number of ether oxygens (including phenoxy) is 1. The molecule has 3 rings (SSSR count). The minimum absolute atomic E-state index is 0.0643. The Labute approximate surface area is 168 Å². The number of hydrogen-bond acceptors (Lipinski definition) is 6. The highest BCUT2D eigenvalue weighted by Crippen LogP contribution is 2.25. The number of urea groups is 1. The molecular weight excluding hydrogens is 403 g/mol. The zero-order valence-electron chi connectivity index (χ0n) is 16.5. The van der Waals surface area contributed by atoms with Crippen LogP contribution in [-0.4, -0.2) is 87.3 Å². The second kappa shape index (κ2) is 8.17. The van der Waals surface area contributed by atoms with E-state index in [1.807, 2.05) is 4.90 Å². The number of halogens is 1. The first kappa shape index (κ1) is 21.3. The van der Waals surface area contributed by atoms with Crippen molar-refractivity contribution < 1.29 is 31.7 Å². The summed E-state index contributed by atoms with van der Waals surface area (Å²) in [4.78, 5) is 27.0. The Bertz CT molecular complexity index is 957. The Balaban J connectivity index is 1.68. The monoisotopic (exact) mass is 427 g/mol. The van der Waals surface area contributed by atoms with Crippen LogP contribution < -0.4 is 9.46 Å². The zero-order chi connectivity index (χ0) is 21.3. The van der Waals surface area contributed by atoms with Crippen molar-refractivity contribution in [1.29, 1.82) is 0 Å². The lowest BCUT2D eigenvalue weighted by atomic mass is 10.0. The van der Waals surface area contributed by atoms with Gasteiger partial charge in [-0.05, 0) is 31.0 Å². The highest BCUT2D eigenvalue weighted by atomic mass is 32.2. The Morgan fingerprint density at radius 2 is 1.90 bits per heavy atom. The highest BCUT2D eigenvalue weighted by Gasteiger charge is 2.43. The molecule has 3 amide bonds. The molecule has 2 aliphatic heterocycles. The Morgan fingerprint density at radius 1 is 1.24 bits per heavy atom. The van der Waals surface area contributed by atoms with Gasteiger partial charge in [0.1, 0.15) is 22.7 Å². The van der Waals surface area contributed by atoms with Gasteiger partial charge in [-0.15, -0.1) is 0 Å². The number of imide groups is 1. The minimum Gasteiger partial charge on any atom is -0.495 e. The molecule has 1 N–H and O–H groups in total. The van der Waals surface area contributed by atoms with Gasteiger partial charge in [-0.1, -0.05) is 0 Å². The van der Waals surface area contributed by atoms with E-state index in [9.17, 15) is 22.4 Å². The fourth-order valence-corrected chi connectivity index (χ4v) is 5.04. The molecule has 1 aromatic rings. The van der Waals surface area contributed by atoms with Crippen LogP contribution in [0.4, 0.5) is 9.18 Å². The van der Waals surface area contributed by atoms with Crippen LogP contribution in [-0.2, 0) is 14.8 Å². The van der Waals surface area contributed by atoms with Crippen LogP contribution in [0.3, 0.4) is 0 Å². The van der Waals surface area contributed by atoms with E-state index in [0.29, 0.717) is 25.9 Å². The fraction of sp³-hybridized carbons (Fsp3) is 0.500. The van der Waals surface area contributed by atoms with E-state index in [4.69, 9.17) is 4.74 Å². The molecule has 2 aliphatic rings. The summed E-state index contributed by atoms with van der Waals surface area (Å²) in [6, 6.07) is 2.01. The number of likely N-dealkylation sites (N-methyl/N-ethyl adjacent to an activating group) is 1. The van der Waals surface area contributed by atoms with Crippen LogP contribution >= 0.6 is 0 Å². The summed E-state index contributed by atoms with van der Waals surface area (Å²) in [6.07, 6.45) is 2.51. The van der Waals surface area contributed by atoms with Gasteiger partial charge in [0.25, 0.3) is 0 Å². The van der Waals surface area contributed by atoms with Crippen molar-refractivity contribution in [3.05, 3.63) is 24.0 Å². The van der Waals surface area contributed by atoms with Crippen molar-refractivity contribution >= 4 is 28.2 Å². The number of nitrogens with zero attached hydrogens (tertiary/aromatic N) is 3. The molecule has 158 valence electrons. The largest absolute Gasteiger partial charge is 0.500 e. The lowest BCUT2D eigenvalue weighted by Crippen LogP contribution is -2.59. The zero-order valence-corrected chi connectivity index (χ0v) is 17.3. The van der Waals surface area contributed by atoms with Crippen LogP contribution in [0.1, 0.15) is 12.8 Å². The lowest BCUT2D eigenvalue weighted by molar-refractivity contribution is -0.401. The van der Waals surface area contributed by atoms with Crippen LogP contribution in [0.5, 0.6) is 5.75 Å². The van der Waals surface area contributed by atoms with E-state index in [-0.39, 0.29) is 22.6 Å². The topological polar surface area (TPSA) is 99.0 Å². The second-order valence-corrected chi connectivity index (χ2v) is 8.79. The van der Waals surface area contributed by atoms with E-state index in [0.717, 1.165) is 17.0 Å². The Morgan fingerprint density at radius 3 is 2.52 bits per heavy atom. The quantitative estimate of drug-likeness (QED) is 0.677. The third kappa shape index (κ3) is 4.31. The van der Waals surface area contributed by atoms with E-state index in [2.05, 4.69) is 4.72 Å². The molecule has 9 nitrogen and oxygen atoms in total. The SMILES string of the molecule is COc1ccc(F)cc1S(=O)(=O)NC1CCN(C2C=[N+](C)C(=O)N(C)C2=O)CC1. The van der Waals surface area contributed by atoms with E-state index >= 15 is 0 Å². The Hall–Kier alpha value is -2.37. The minimum atomic E-state index is -3.97. The molecule has 1 saturated heterocycles. The number of rotatable bonds is 5. The number of amides is 3. The lowest BCUT2D eigenvalue weighted by Gasteiger charge is -2.36. The van der Waals surface area contributed by atoms with E-state index < -0.39 is 27.9 Å². The fourth-order valence-electron chi connectivity index (χ4n) is 3.56. The molecule has 11 heteroatoms. The first-order valence-electron chi connectivity index (χ1n) is 9.13. The standard InChI is InChI=1S/C18H24FN4O5S/c1-21-11-14(17(24)22(2)18(21)25)23-8-6-13(7-9-23)20-29(26,27)16-10-12(19)4-5-15(16)28-3/h4-5,10-11,13-14,20H,6-9H2,1-3H3/q+1. The van der Waals surface area contributed by atoms with Gasteiger partial charge < -0.3 is 4.74 Å². The predicted octanol–water partition coefficient (Wildman–Crippen LogP) is 0.251. The molecule has 0 spiro atoms. The number of carbonyl (C=O) groups excluding carboxylic acids is 2. The van der Waals surface area contributed by atoms with Gasteiger partial charge in [-0.25, -0.2) is 26.9 Å². The highest BCUT2D eigenvalue weighted by molar-refractivity contribution is 7.89. The number of piperidine rings is 1. The third-order valence-corrected chi connectivity index (χ3v) is 6.74. The van der Waals surface area contributed by atoms with Crippen molar-refractivity contribution in [2.24, 2.45) is 0 Å². The molecule has 0 bridgehead atoms. The van der Waals surface area contributed by atoms with E-state index in [1.165, 1.54) is 24.8 Å². The molecule has 1 aromatic carbocycles. The number of likely N-dealkylation sites (tertiary alicyclic amines) is 1. The average molecular weight is 427 g/mol. The summed E-state index contributed by atoms with van der Waals surface area (Å²) in [5, 5.41) is 0. The van der Waals surface area contributed by atoms with Gasteiger partial charge in [0.05, 0.1) is 21.2 Å². The average Bonchev–Trinajstić information content (AvgIpc) is 2.69. The van der Waals surface area contributed by atoms with Gasteiger partial charge in [0.15, 0.2) is 6.04 Å². The molecule has 1 atom stereocenters. The van der Waals surface area contributed by atoms with Gasteiger partial charge in [0, 0.05) is 19.1 Å². The molecule has 1 fully saturated rings. The van der Waals surface area contributed by atoms with E-state index in [1.54, 1.807) is 13.3 Å². The molecule has 0 radical (unpaired) electrons. The molecule has 0 aromatic heterocycles. The molecule has 1 unspecified atom stereocenters. The summed E-state index contributed by atoms with van der Waals surface area (Å²) in [5.41, 5.74) is 0. The van der Waals surface area contributed by atoms with Gasteiger partial charge in [-0.2, -0.15) is 9.69 Å². The van der Waals surface area contributed by atoms with Gasteiger partial charge in [-0.3, -0.25) is 4.90 Å². The number of benzene rings is 1. The van der Waals surface area contributed by atoms with Crippen LogP contribution in [0.2, 0.25) is 0 Å². The maximum atomic E-state index is 13.6. The summed E-state index contributed by atoms with van der Waals surface area (Å²) in [7, 11) is 0.376. The molecule has 0 aliphatic carbocycles. The van der Waals surface area contributed by atoms with Crippen LogP contribution in [0, 0.1) is 5.82 Å². The summed E-state index contributed by atoms with van der Waals surface area (Å²) in [6.45, 7) is 0.937. The third-order valence-electron chi connectivity index (χ3n) is 5.20. The van der Waals surface area contributed by atoms with Crippen molar-refractivity contribution in [3.8, 4) is 5.75 Å². The number of sulfonamides is 1. The van der Waals surface area contributed by atoms with Crippen molar-refractivity contribution in [2.45, 2.75) is 29.8 Å². The van der Waals surface area contributed by atoms with Crippen LogP contribution in [0.15, 0.2) is 23.1 Å². The summed E-state index contributed by atoms with van der Waals surface area (Å²) < 4.78 is 48.0. The normalized spacial score (nSPS) is 22.0. The number of hydrogen-bond donors (Lipinski definition) is 1. The van der Waals surface area contributed by atoms with Crippen molar-refractivity contribution in [3.63, 3.8) is 0 Å². The van der Waals surface area contributed by atoms with Crippen molar-refractivity contribution in [1.82, 2.24) is 14.5 Å². The second-order valence-electron chi connectivity index (χ2n) is 7.11. The first-order valence-corrected chi connectivity index (χ1v) is 10.6.